The van der Waals surface area contributed by atoms with Crippen molar-refractivity contribution in [2.75, 3.05) is 9.80 Å². The Morgan fingerprint density at radius 1 is 0.383 bits per heavy atom. The number of nitrogens with zero attached hydrogens (tertiary/aromatic N) is 2. The highest BCUT2D eigenvalue weighted by atomic mass is 16.5. The Labute approximate surface area is 274 Å². The van der Waals surface area contributed by atoms with Crippen molar-refractivity contribution in [3.8, 4) is 33.8 Å². The maximum atomic E-state index is 6.48. The van der Waals surface area contributed by atoms with Gasteiger partial charge in [-0.05, 0) is 89.5 Å². The fourth-order valence-corrected chi connectivity index (χ4v) is 6.84. The Kier molecular flexibility index (Phi) is 6.46. The third kappa shape index (κ3) is 4.68. The number of fused-ring (bicyclic) bond motifs is 7. The van der Waals surface area contributed by atoms with Crippen LogP contribution in [0, 0.1) is 0 Å². The molecule has 9 rings (SSSR count). The van der Waals surface area contributed by atoms with Crippen molar-refractivity contribution in [3.63, 3.8) is 0 Å². The Bertz CT molecular complexity index is 2290. The molecule has 2 aliphatic rings. The van der Waals surface area contributed by atoms with Crippen LogP contribution in [0.5, 0.6) is 11.5 Å². The van der Waals surface area contributed by atoms with Gasteiger partial charge < -0.3 is 14.5 Å². The molecule has 0 aromatic heterocycles. The second-order valence-corrected chi connectivity index (χ2v) is 11.8. The van der Waals surface area contributed by atoms with Crippen LogP contribution in [0.1, 0.15) is 11.1 Å². The molecule has 2 aliphatic heterocycles. The van der Waals surface area contributed by atoms with Crippen LogP contribution in [0.4, 0.5) is 34.1 Å². The van der Waals surface area contributed by atoms with Gasteiger partial charge in [0.15, 0.2) is 0 Å². The van der Waals surface area contributed by atoms with Crippen LogP contribution in [0.25, 0.3) is 34.4 Å². The van der Waals surface area contributed by atoms with Crippen molar-refractivity contribution in [1.29, 1.82) is 0 Å². The zero-order valence-corrected chi connectivity index (χ0v) is 25.6. The molecule has 0 fully saturated rings. The highest BCUT2D eigenvalue weighted by Gasteiger charge is 2.24. The predicted molar refractivity (Wildman–Crippen MR) is 196 cm³/mol. The molecular formula is C44H30N2O. The third-order valence-electron chi connectivity index (χ3n) is 8.99. The molecule has 7 aromatic rings. The Morgan fingerprint density at radius 2 is 0.957 bits per heavy atom. The van der Waals surface area contributed by atoms with Gasteiger partial charge in [-0.2, -0.15) is 0 Å². The van der Waals surface area contributed by atoms with E-state index in [2.05, 4.69) is 174 Å². The molecule has 0 amide bonds. The molecule has 222 valence electrons. The van der Waals surface area contributed by atoms with Crippen LogP contribution < -0.4 is 14.5 Å². The largest absolute Gasteiger partial charge is 0.456 e. The molecule has 0 saturated carbocycles. The number of benzene rings is 7. The molecule has 3 heteroatoms. The second-order valence-electron chi connectivity index (χ2n) is 11.8. The summed E-state index contributed by atoms with van der Waals surface area (Å²) in [4.78, 5) is 4.71. The fourth-order valence-electron chi connectivity index (χ4n) is 6.84. The summed E-state index contributed by atoms with van der Waals surface area (Å²) >= 11 is 0. The Hall–Kier alpha value is -6.32. The number of anilines is 6. The molecule has 7 aromatic carbocycles. The first kappa shape index (κ1) is 27.0. The summed E-state index contributed by atoms with van der Waals surface area (Å²) in [6, 6.07) is 60.0. The van der Waals surface area contributed by atoms with Gasteiger partial charge in [0.2, 0.25) is 0 Å². The van der Waals surface area contributed by atoms with Crippen LogP contribution in [-0.4, -0.2) is 0 Å². The Balaban J connectivity index is 1.23. The third-order valence-corrected chi connectivity index (χ3v) is 8.99. The molecule has 0 unspecified atom stereocenters. The first-order valence-corrected chi connectivity index (χ1v) is 15.9. The van der Waals surface area contributed by atoms with Gasteiger partial charge in [-0.3, -0.25) is 0 Å². The maximum Gasteiger partial charge on any atom is 0.135 e. The number of hydrogen-bond acceptors (Lipinski definition) is 3. The zero-order chi connectivity index (χ0) is 31.2. The minimum Gasteiger partial charge on any atom is -0.456 e. The van der Waals surface area contributed by atoms with Crippen LogP contribution in [0.2, 0.25) is 0 Å². The number of ether oxygens (including phenoxy) is 1. The van der Waals surface area contributed by atoms with E-state index in [4.69, 9.17) is 4.74 Å². The highest BCUT2D eigenvalue weighted by molar-refractivity contribution is 5.96. The Morgan fingerprint density at radius 3 is 1.74 bits per heavy atom. The number of para-hydroxylation sites is 5. The van der Waals surface area contributed by atoms with Gasteiger partial charge >= 0.3 is 0 Å². The van der Waals surface area contributed by atoms with Gasteiger partial charge in [-0.1, -0.05) is 109 Å². The lowest BCUT2D eigenvalue weighted by atomic mass is 9.93. The summed E-state index contributed by atoms with van der Waals surface area (Å²) in [5.41, 5.74) is 13.5. The standard InChI is InChI=1S/C44H30N2O/c1-3-14-33(15-4-1)45(36-25-27-37-38-18-8-11-21-43(38)47-44-22-12-9-19-39(44)40(37)30-36)35-26-28-42-32(29-35)24-23-31-13-7-10-20-41(31)46(42)34-16-5-2-6-17-34/h1-30H. The van der Waals surface area contributed by atoms with E-state index in [9.17, 15) is 0 Å². The van der Waals surface area contributed by atoms with Gasteiger partial charge in [0.05, 0.1) is 11.4 Å². The molecule has 0 aliphatic carbocycles. The first-order valence-electron chi connectivity index (χ1n) is 15.9. The van der Waals surface area contributed by atoms with Crippen molar-refractivity contribution in [2.24, 2.45) is 0 Å². The van der Waals surface area contributed by atoms with Crippen molar-refractivity contribution < 1.29 is 4.74 Å². The van der Waals surface area contributed by atoms with E-state index < -0.39 is 0 Å². The van der Waals surface area contributed by atoms with Crippen molar-refractivity contribution in [3.05, 3.63) is 181 Å². The van der Waals surface area contributed by atoms with Gasteiger partial charge in [-0.25, -0.2) is 0 Å². The topological polar surface area (TPSA) is 15.7 Å². The summed E-state index contributed by atoms with van der Waals surface area (Å²) in [5.74, 6) is 1.73. The maximum absolute atomic E-state index is 6.48. The molecule has 0 saturated heterocycles. The van der Waals surface area contributed by atoms with E-state index in [1.54, 1.807) is 0 Å². The lowest BCUT2D eigenvalue weighted by Crippen LogP contribution is -2.13. The van der Waals surface area contributed by atoms with Gasteiger partial charge in [0, 0.05) is 39.4 Å². The summed E-state index contributed by atoms with van der Waals surface area (Å²) < 4.78 is 6.48. The van der Waals surface area contributed by atoms with Crippen molar-refractivity contribution in [2.45, 2.75) is 0 Å². The van der Waals surface area contributed by atoms with E-state index in [-0.39, 0.29) is 0 Å². The minimum absolute atomic E-state index is 0.859. The molecule has 0 radical (unpaired) electrons. The molecule has 47 heavy (non-hydrogen) atoms. The highest BCUT2D eigenvalue weighted by Crippen LogP contribution is 2.49. The van der Waals surface area contributed by atoms with Gasteiger partial charge in [0.1, 0.15) is 11.5 Å². The number of rotatable bonds is 4. The van der Waals surface area contributed by atoms with Crippen LogP contribution in [0.3, 0.4) is 0 Å². The summed E-state index contributed by atoms with van der Waals surface area (Å²) in [6.45, 7) is 0. The minimum atomic E-state index is 0.859. The molecule has 0 spiro atoms. The molecule has 0 atom stereocenters. The van der Waals surface area contributed by atoms with Crippen LogP contribution >= 0.6 is 0 Å². The second kappa shape index (κ2) is 11.2. The van der Waals surface area contributed by atoms with Crippen LogP contribution in [-0.2, 0) is 0 Å². The van der Waals surface area contributed by atoms with E-state index in [0.717, 1.165) is 73.4 Å². The lowest BCUT2D eigenvalue weighted by Gasteiger charge is -2.30. The van der Waals surface area contributed by atoms with Gasteiger partial charge in [-0.15, -0.1) is 0 Å². The molecular weight excluding hydrogens is 572 g/mol. The summed E-state index contributed by atoms with van der Waals surface area (Å²) in [7, 11) is 0. The predicted octanol–water partition coefficient (Wildman–Crippen LogP) is 12.5. The SMILES string of the molecule is C1=Cc2cc(N(c3ccccc3)c3ccc4c(c3)-c3ccccc3Oc3ccccc3-4)ccc2N(c2ccccc2)c2ccccc21. The summed E-state index contributed by atoms with van der Waals surface area (Å²) in [5, 5.41) is 0. The van der Waals surface area contributed by atoms with E-state index in [1.165, 1.54) is 5.56 Å². The van der Waals surface area contributed by atoms with Crippen molar-refractivity contribution >= 4 is 46.3 Å². The van der Waals surface area contributed by atoms with Crippen LogP contribution in [0.15, 0.2) is 170 Å². The monoisotopic (exact) mass is 602 g/mol. The smallest absolute Gasteiger partial charge is 0.135 e. The zero-order valence-electron chi connectivity index (χ0n) is 25.6. The fraction of sp³-hybridized carbons (Fsp3) is 0. The van der Waals surface area contributed by atoms with E-state index >= 15 is 0 Å². The normalized spacial score (nSPS) is 12.3. The molecule has 3 nitrogen and oxygen atoms in total. The first-order chi connectivity index (χ1) is 23.3. The van der Waals surface area contributed by atoms with Gasteiger partial charge in [0.25, 0.3) is 0 Å². The summed E-state index contributed by atoms with van der Waals surface area (Å²) in [6.07, 6.45) is 4.47. The average Bonchev–Trinajstić information content (AvgIpc) is 3.39. The lowest BCUT2D eigenvalue weighted by molar-refractivity contribution is 0.488. The van der Waals surface area contributed by atoms with E-state index in [1.807, 2.05) is 18.2 Å². The molecule has 0 N–H and O–H groups in total. The van der Waals surface area contributed by atoms with E-state index in [0.29, 0.717) is 0 Å². The quantitative estimate of drug-likeness (QED) is 0.199. The number of hydrogen-bond donors (Lipinski definition) is 0. The molecule has 0 bridgehead atoms. The van der Waals surface area contributed by atoms with Crippen molar-refractivity contribution in [1.82, 2.24) is 0 Å². The average molecular weight is 603 g/mol. The molecule has 2 heterocycles.